The number of rotatable bonds is 4. The first-order valence-electron chi connectivity index (χ1n) is 5.32. The van der Waals surface area contributed by atoms with Crippen molar-refractivity contribution in [2.45, 2.75) is 32.1 Å². The maximum absolute atomic E-state index is 5.51. The minimum absolute atomic E-state index is 0.766. The Hall–Kier alpha value is -0.500. The van der Waals surface area contributed by atoms with E-state index in [-0.39, 0.29) is 0 Å². The quantitative estimate of drug-likeness (QED) is 0.491. The average molecular weight is 182 g/mol. The Labute approximate surface area is 79.9 Å². The highest BCUT2D eigenvalue weighted by Gasteiger charge is 2.17. The van der Waals surface area contributed by atoms with Gasteiger partial charge >= 0.3 is 0 Å². The molecule has 0 atom stereocenters. The van der Waals surface area contributed by atoms with Crippen LogP contribution in [0.2, 0.25) is 0 Å². The SMILES string of the molecule is C(OCCC1COC1)=C1CCCC1. The molecule has 2 rings (SSSR count). The van der Waals surface area contributed by atoms with Gasteiger partial charge in [-0.3, -0.25) is 0 Å². The van der Waals surface area contributed by atoms with Crippen molar-refractivity contribution in [2.24, 2.45) is 5.92 Å². The summed E-state index contributed by atoms with van der Waals surface area (Å²) in [5.74, 6) is 0.766. The van der Waals surface area contributed by atoms with Gasteiger partial charge in [0.25, 0.3) is 0 Å². The second kappa shape index (κ2) is 4.66. The molecule has 13 heavy (non-hydrogen) atoms. The van der Waals surface area contributed by atoms with Crippen LogP contribution in [0.25, 0.3) is 0 Å². The van der Waals surface area contributed by atoms with Crippen LogP contribution in [0, 0.1) is 5.92 Å². The molecule has 74 valence electrons. The van der Waals surface area contributed by atoms with E-state index < -0.39 is 0 Å². The van der Waals surface area contributed by atoms with Crippen LogP contribution in [0.4, 0.5) is 0 Å². The van der Waals surface area contributed by atoms with Crippen LogP contribution in [-0.2, 0) is 9.47 Å². The van der Waals surface area contributed by atoms with Crippen LogP contribution in [0.1, 0.15) is 32.1 Å². The van der Waals surface area contributed by atoms with Crippen molar-refractivity contribution in [3.05, 3.63) is 11.8 Å². The predicted molar refractivity (Wildman–Crippen MR) is 51.4 cm³/mol. The summed E-state index contributed by atoms with van der Waals surface area (Å²) in [6, 6.07) is 0. The van der Waals surface area contributed by atoms with Gasteiger partial charge in [-0.15, -0.1) is 0 Å². The van der Waals surface area contributed by atoms with E-state index in [4.69, 9.17) is 9.47 Å². The van der Waals surface area contributed by atoms with Gasteiger partial charge in [-0.25, -0.2) is 0 Å². The minimum atomic E-state index is 0.766. The van der Waals surface area contributed by atoms with Crippen LogP contribution in [0.3, 0.4) is 0 Å². The van der Waals surface area contributed by atoms with E-state index in [1.54, 1.807) is 0 Å². The summed E-state index contributed by atoms with van der Waals surface area (Å²) >= 11 is 0. The molecule has 0 bridgehead atoms. The van der Waals surface area contributed by atoms with Crippen molar-refractivity contribution in [1.82, 2.24) is 0 Å². The molecule has 0 aromatic heterocycles. The maximum atomic E-state index is 5.51. The van der Waals surface area contributed by atoms with E-state index in [0.717, 1.165) is 32.2 Å². The molecule has 0 radical (unpaired) electrons. The van der Waals surface area contributed by atoms with Crippen molar-refractivity contribution in [2.75, 3.05) is 19.8 Å². The summed E-state index contributed by atoms with van der Waals surface area (Å²) in [7, 11) is 0. The van der Waals surface area contributed by atoms with Gasteiger partial charge in [-0.05, 0) is 37.7 Å². The molecule has 2 fully saturated rings. The highest BCUT2D eigenvalue weighted by Crippen LogP contribution is 2.23. The molecule has 0 aromatic rings. The van der Waals surface area contributed by atoms with Gasteiger partial charge in [0.15, 0.2) is 0 Å². The van der Waals surface area contributed by atoms with Crippen molar-refractivity contribution >= 4 is 0 Å². The summed E-state index contributed by atoms with van der Waals surface area (Å²) in [4.78, 5) is 0. The van der Waals surface area contributed by atoms with E-state index in [2.05, 4.69) is 0 Å². The highest BCUT2D eigenvalue weighted by atomic mass is 16.5. The Kier molecular flexibility index (Phi) is 3.25. The zero-order valence-corrected chi connectivity index (χ0v) is 8.13. The summed E-state index contributed by atoms with van der Waals surface area (Å²) in [5.41, 5.74) is 1.50. The fourth-order valence-corrected chi connectivity index (χ4v) is 1.81. The molecular formula is C11H18O2. The monoisotopic (exact) mass is 182 g/mol. The summed E-state index contributed by atoms with van der Waals surface area (Å²) < 4.78 is 10.6. The third-order valence-electron chi connectivity index (χ3n) is 2.85. The minimum Gasteiger partial charge on any atom is -0.501 e. The van der Waals surface area contributed by atoms with E-state index in [1.807, 2.05) is 6.26 Å². The van der Waals surface area contributed by atoms with Gasteiger partial charge in [0, 0.05) is 5.92 Å². The maximum Gasteiger partial charge on any atom is 0.0877 e. The highest BCUT2D eigenvalue weighted by molar-refractivity contribution is 5.02. The number of allylic oxidation sites excluding steroid dienone is 1. The molecule has 1 saturated carbocycles. The fraction of sp³-hybridized carbons (Fsp3) is 0.818. The van der Waals surface area contributed by atoms with Gasteiger partial charge in [0.2, 0.25) is 0 Å². The van der Waals surface area contributed by atoms with Crippen molar-refractivity contribution in [3.8, 4) is 0 Å². The number of hydrogen-bond donors (Lipinski definition) is 0. The topological polar surface area (TPSA) is 18.5 Å². The van der Waals surface area contributed by atoms with Crippen molar-refractivity contribution < 1.29 is 9.47 Å². The Morgan fingerprint density at radius 3 is 2.69 bits per heavy atom. The molecule has 1 aliphatic heterocycles. The van der Waals surface area contributed by atoms with Crippen LogP contribution in [0.15, 0.2) is 11.8 Å². The van der Waals surface area contributed by atoms with E-state index in [0.29, 0.717) is 0 Å². The Morgan fingerprint density at radius 2 is 2.08 bits per heavy atom. The molecule has 0 unspecified atom stereocenters. The first-order chi connectivity index (χ1) is 6.45. The normalized spacial score (nSPS) is 22.9. The first kappa shape index (κ1) is 9.07. The molecule has 2 nitrogen and oxygen atoms in total. The van der Waals surface area contributed by atoms with E-state index in [9.17, 15) is 0 Å². The summed E-state index contributed by atoms with van der Waals surface area (Å²) in [5, 5.41) is 0. The number of ether oxygens (including phenoxy) is 2. The summed E-state index contributed by atoms with van der Waals surface area (Å²) in [6.45, 7) is 2.76. The second-order valence-electron chi connectivity index (χ2n) is 4.05. The van der Waals surface area contributed by atoms with Crippen LogP contribution < -0.4 is 0 Å². The summed E-state index contributed by atoms with van der Waals surface area (Å²) in [6.07, 6.45) is 8.37. The Balaban J connectivity index is 1.54. The third kappa shape index (κ3) is 2.73. The zero-order chi connectivity index (χ0) is 8.93. The van der Waals surface area contributed by atoms with Gasteiger partial charge in [-0.1, -0.05) is 0 Å². The third-order valence-corrected chi connectivity index (χ3v) is 2.85. The lowest BCUT2D eigenvalue weighted by Crippen LogP contribution is -2.28. The molecule has 2 aliphatic rings. The molecule has 0 spiro atoms. The lowest BCUT2D eigenvalue weighted by atomic mass is 10.1. The van der Waals surface area contributed by atoms with Gasteiger partial charge < -0.3 is 9.47 Å². The first-order valence-corrected chi connectivity index (χ1v) is 5.32. The van der Waals surface area contributed by atoms with Crippen LogP contribution in [-0.4, -0.2) is 19.8 Å². The molecule has 0 N–H and O–H groups in total. The molecule has 2 heteroatoms. The van der Waals surface area contributed by atoms with Crippen molar-refractivity contribution in [1.29, 1.82) is 0 Å². The molecule has 0 aromatic carbocycles. The predicted octanol–water partition coefficient (Wildman–Crippen LogP) is 2.50. The largest absolute Gasteiger partial charge is 0.501 e. The molecule has 1 aliphatic carbocycles. The molecule has 1 saturated heterocycles. The van der Waals surface area contributed by atoms with E-state index in [1.165, 1.54) is 31.3 Å². The smallest absolute Gasteiger partial charge is 0.0877 e. The van der Waals surface area contributed by atoms with E-state index >= 15 is 0 Å². The molecular weight excluding hydrogens is 164 g/mol. The van der Waals surface area contributed by atoms with Gasteiger partial charge in [0.1, 0.15) is 0 Å². The zero-order valence-electron chi connectivity index (χ0n) is 8.13. The molecule has 1 heterocycles. The standard InChI is InChI=1S/C11H18O2/c1-2-4-10(3-1)7-12-6-5-11-8-13-9-11/h7,11H,1-6,8-9H2. The van der Waals surface area contributed by atoms with Crippen molar-refractivity contribution in [3.63, 3.8) is 0 Å². The fourth-order valence-electron chi connectivity index (χ4n) is 1.81. The average Bonchev–Trinajstić information content (AvgIpc) is 2.53. The Bertz CT molecular complexity index is 175. The lowest BCUT2D eigenvalue weighted by Gasteiger charge is -2.25. The molecule has 0 amide bonds. The van der Waals surface area contributed by atoms with Crippen LogP contribution in [0.5, 0.6) is 0 Å². The van der Waals surface area contributed by atoms with Gasteiger partial charge in [-0.2, -0.15) is 0 Å². The lowest BCUT2D eigenvalue weighted by molar-refractivity contribution is -0.0421. The Morgan fingerprint density at radius 1 is 1.31 bits per heavy atom. The van der Waals surface area contributed by atoms with Gasteiger partial charge in [0.05, 0.1) is 26.1 Å². The number of hydrogen-bond acceptors (Lipinski definition) is 2. The second-order valence-corrected chi connectivity index (χ2v) is 4.05. The van der Waals surface area contributed by atoms with Crippen LogP contribution >= 0.6 is 0 Å².